The van der Waals surface area contributed by atoms with E-state index < -0.39 is 11.9 Å². The molecule has 0 fully saturated rings. The number of aryl methyl sites for hydroxylation is 2. The molecule has 0 aliphatic carbocycles. The van der Waals surface area contributed by atoms with E-state index in [4.69, 9.17) is 9.52 Å². The van der Waals surface area contributed by atoms with Gasteiger partial charge in [-0.15, -0.1) is 0 Å². The van der Waals surface area contributed by atoms with Crippen LogP contribution in [0.4, 0.5) is 0 Å². The molecule has 5 nitrogen and oxygen atoms in total. The van der Waals surface area contributed by atoms with Crippen LogP contribution in [0.15, 0.2) is 34.7 Å². The molecule has 21 heavy (non-hydrogen) atoms. The highest BCUT2D eigenvalue weighted by molar-refractivity contribution is 5.93. The summed E-state index contributed by atoms with van der Waals surface area (Å²) in [5.41, 5.74) is 3.32. The van der Waals surface area contributed by atoms with Gasteiger partial charge in [0.25, 0.3) is 5.91 Å². The summed E-state index contributed by atoms with van der Waals surface area (Å²) in [4.78, 5) is 22.7. The summed E-state index contributed by atoms with van der Waals surface area (Å²) < 4.78 is 4.97. The number of nitrogens with one attached hydrogen (secondary N) is 1. The number of benzene rings is 1. The summed E-state index contributed by atoms with van der Waals surface area (Å²) in [6, 6.07) is 8.39. The molecule has 0 aliphatic heterocycles. The van der Waals surface area contributed by atoms with E-state index in [-0.39, 0.29) is 17.6 Å². The van der Waals surface area contributed by atoms with Crippen LogP contribution < -0.4 is 5.32 Å². The molecule has 2 N–H and O–H groups in total. The van der Waals surface area contributed by atoms with Crippen LogP contribution in [0.5, 0.6) is 0 Å². The predicted molar refractivity (Wildman–Crippen MR) is 77.5 cm³/mol. The minimum atomic E-state index is -1.20. The van der Waals surface area contributed by atoms with Gasteiger partial charge in [-0.1, -0.05) is 18.2 Å². The average Bonchev–Trinajstić information content (AvgIpc) is 2.91. The van der Waals surface area contributed by atoms with Gasteiger partial charge in [-0.2, -0.15) is 0 Å². The van der Waals surface area contributed by atoms with E-state index in [0.29, 0.717) is 0 Å². The Labute approximate surface area is 122 Å². The largest absolute Gasteiger partial charge is 0.475 e. The lowest BCUT2D eigenvalue weighted by atomic mass is 10.0. The molecule has 0 spiro atoms. The molecule has 1 aromatic carbocycles. The molecule has 0 radical (unpaired) electrons. The Morgan fingerprint density at radius 3 is 2.33 bits per heavy atom. The maximum atomic E-state index is 12.0. The molecule has 1 heterocycles. The van der Waals surface area contributed by atoms with Crippen LogP contribution in [-0.2, 0) is 0 Å². The Hall–Kier alpha value is -2.56. The van der Waals surface area contributed by atoms with Crippen LogP contribution in [0.25, 0.3) is 0 Å². The molecule has 5 heteroatoms. The van der Waals surface area contributed by atoms with Crippen LogP contribution in [-0.4, -0.2) is 17.0 Å². The molecule has 1 aromatic heterocycles. The zero-order chi connectivity index (χ0) is 15.6. The van der Waals surface area contributed by atoms with Gasteiger partial charge in [0.15, 0.2) is 5.76 Å². The van der Waals surface area contributed by atoms with Crippen molar-refractivity contribution >= 4 is 11.9 Å². The second-order valence-electron chi connectivity index (χ2n) is 5.01. The van der Waals surface area contributed by atoms with Crippen molar-refractivity contribution in [3.8, 4) is 0 Å². The normalized spacial score (nSPS) is 12.0. The van der Waals surface area contributed by atoms with Gasteiger partial charge in [0.2, 0.25) is 5.76 Å². The highest BCUT2D eigenvalue weighted by Gasteiger charge is 2.17. The molecule has 0 saturated heterocycles. The fourth-order valence-corrected chi connectivity index (χ4v) is 1.96. The first-order chi connectivity index (χ1) is 9.88. The van der Waals surface area contributed by atoms with Gasteiger partial charge in [0, 0.05) is 0 Å². The Kier molecular flexibility index (Phi) is 4.12. The molecule has 0 saturated carbocycles. The van der Waals surface area contributed by atoms with Gasteiger partial charge in [0.05, 0.1) is 6.04 Å². The van der Waals surface area contributed by atoms with Crippen molar-refractivity contribution in [1.29, 1.82) is 0 Å². The number of rotatable bonds is 4. The second kappa shape index (κ2) is 5.83. The number of aromatic carboxylic acids is 1. The van der Waals surface area contributed by atoms with E-state index in [9.17, 15) is 9.59 Å². The maximum absolute atomic E-state index is 12.0. The number of amides is 1. The molecule has 1 unspecified atom stereocenters. The number of carboxylic acids is 1. The summed E-state index contributed by atoms with van der Waals surface area (Å²) >= 11 is 0. The highest BCUT2D eigenvalue weighted by atomic mass is 16.4. The number of hydrogen-bond acceptors (Lipinski definition) is 3. The second-order valence-corrected chi connectivity index (χ2v) is 5.01. The summed E-state index contributed by atoms with van der Waals surface area (Å²) in [5, 5.41) is 11.6. The van der Waals surface area contributed by atoms with Crippen molar-refractivity contribution in [2.45, 2.75) is 26.8 Å². The maximum Gasteiger partial charge on any atom is 0.371 e. The van der Waals surface area contributed by atoms with Crippen molar-refractivity contribution in [2.24, 2.45) is 0 Å². The summed E-state index contributed by atoms with van der Waals surface area (Å²) in [6.45, 7) is 5.90. The molecular weight excluding hydrogens is 270 g/mol. The summed E-state index contributed by atoms with van der Waals surface area (Å²) in [6.07, 6.45) is 0. The Balaban J connectivity index is 2.10. The van der Waals surface area contributed by atoms with Gasteiger partial charge in [-0.05, 0) is 49.6 Å². The monoisotopic (exact) mass is 287 g/mol. The van der Waals surface area contributed by atoms with E-state index >= 15 is 0 Å². The first-order valence-corrected chi connectivity index (χ1v) is 6.59. The summed E-state index contributed by atoms with van der Waals surface area (Å²) in [5.74, 6) is -1.90. The Morgan fingerprint density at radius 1 is 1.10 bits per heavy atom. The van der Waals surface area contributed by atoms with E-state index in [2.05, 4.69) is 5.32 Å². The van der Waals surface area contributed by atoms with E-state index in [0.717, 1.165) is 11.1 Å². The number of carbonyl (C=O) groups is 2. The highest BCUT2D eigenvalue weighted by Crippen LogP contribution is 2.17. The zero-order valence-corrected chi connectivity index (χ0v) is 12.1. The van der Waals surface area contributed by atoms with E-state index in [1.807, 2.05) is 39.0 Å². The summed E-state index contributed by atoms with van der Waals surface area (Å²) in [7, 11) is 0. The van der Waals surface area contributed by atoms with Gasteiger partial charge in [0.1, 0.15) is 0 Å². The first kappa shape index (κ1) is 14.8. The minimum absolute atomic E-state index is 0.0110. The van der Waals surface area contributed by atoms with Gasteiger partial charge in [-0.25, -0.2) is 4.79 Å². The smallest absolute Gasteiger partial charge is 0.371 e. The molecular formula is C16H17NO4. The van der Waals surface area contributed by atoms with Crippen molar-refractivity contribution < 1.29 is 19.1 Å². The van der Waals surface area contributed by atoms with Crippen molar-refractivity contribution in [2.75, 3.05) is 0 Å². The fraction of sp³-hybridized carbons (Fsp3) is 0.250. The van der Waals surface area contributed by atoms with Crippen LogP contribution in [0.1, 0.15) is 50.8 Å². The zero-order valence-electron chi connectivity index (χ0n) is 12.1. The molecule has 0 bridgehead atoms. The van der Waals surface area contributed by atoms with Crippen molar-refractivity contribution in [3.63, 3.8) is 0 Å². The molecule has 0 aliphatic rings. The molecule has 2 aromatic rings. The lowest BCUT2D eigenvalue weighted by molar-refractivity contribution is 0.0659. The minimum Gasteiger partial charge on any atom is -0.475 e. The van der Waals surface area contributed by atoms with Gasteiger partial charge < -0.3 is 14.8 Å². The lowest BCUT2D eigenvalue weighted by Gasteiger charge is -2.14. The van der Waals surface area contributed by atoms with E-state index in [1.54, 1.807) is 0 Å². The van der Waals surface area contributed by atoms with Crippen LogP contribution in [0.3, 0.4) is 0 Å². The molecule has 1 amide bonds. The topological polar surface area (TPSA) is 79.5 Å². The first-order valence-electron chi connectivity index (χ1n) is 6.59. The molecule has 1 atom stereocenters. The van der Waals surface area contributed by atoms with Gasteiger partial charge >= 0.3 is 5.97 Å². The Morgan fingerprint density at radius 2 is 1.76 bits per heavy atom. The standard InChI is InChI=1S/C16H17NO4/c1-9-4-5-12(8-10(9)2)11(3)17-15(18)13-6-7-14(21-13)16(19)20/h4-8,11H,1-3H3,(H,17,18)(H,19,20). The third kappa shape index (κ3) is 3.31. The number of furan rings is 1. The average molecular weight is 287 g/mol. The molecule has 110 valence electrons. The molecule has 2 rings (SSSR count). The Bertz CT molecular complexity index is 687. The van der Waals surface area contributed by atoms with Crippen molar-refractivity contribution in [3.05, 3.63) is 58.5 Å². The quantitative estimate of drug-likeness (QED) is 0.905. The third-order valence-corrected chi connectivity index (χ3v) is 3.42. The van der Waals surface area contributed by atoms with Crippen LogP contribution in [0.2, 0.25) is 0 Å². The predicted octanol–water partition coefficient (Wildman–Crippen LogP) is 3.09. The third-order valence-electron chi connectivity index (χ3n) is 3.42. The van der Waals surface area contributed by atoms with Gasteiger partial charge in [-0.3, -0.25) is 4.79 Å². The van der Waals surface area contributed by atoms with E-state index in [1.165, 1.54) is 17.7 Å². The number of hydrogen-bond donors (Lipinski definition) is 2. The van der Waals surface area contributed by atoms with Crippen molar-refractivity contribution in [1.82, 2.24) is 5.32 Å². The van der Waals surface area contributed by atoms with Crippen LogP contribution >= 0.6 is 0 Å². The SMILES string of the molecule is Cc1ccc(C(C)NC(=O)c2ccc(C(=O)O)o2)cc1C. The lowest BCUT2D eigenvalue weighted by Crippen LogP contribution is -2.26. The number of carboxylic acid groups (broad SMARTS) is 1. The number of carbonyl (C=O) groups excluding carboxylic acids is 1. The fourth-order valence-electron chi connectivity index (χ4n) is 1.96. The van der Waals surface area contributed by atoms with Crippen LogP contribution in [0, 0.1) is 13.8 Å².